The molecule has 138 valence electrons. The Labute approximate surface area is 158 Å². The Morgan fingerprint density at radius 3 is 2.59 bits per heavy atom. The van der Waals surface area contributed by atoms with Crippen molar-refractivity contribution < 1.29 is 23.5 Å². The quantitative estimate of drug-likeness (QED) is 0.479. The molecule has 1 heterocycles. The number of carbonyl (C=O) groups is 3. The van der Waals surface area contributed by atoms with Crippen LogP contribution in [0, 0.1) is 0 Å². The lowest BCUT2D eigenvalue weighted by atomic mass is 10.2. The fourth-order valence-corrected chi connectivity index (χ4v) is 3.06. The molecule has 0 spiro atoms. The fourth-order valence-electron chi connectivity index (χ4n) is 2.32. The number of benzene rings is 2. The number of carbonyl (C=O) groups excluding carboxylic acids is 3. The van der Waals surface area contributed by atoms with E-state index in [-0.39, 0.29) is 11.5 Å². The Hall–Kier alpha value is -3.26. The maximum atomic E-state index is 12.1. The number of esters is 1. The first-order valence-electron chi connectivity index (χ1n) is 7.98. The second kappa shape index (κ2) is 8.41. The molecule has 7 nitrogen and oxygen atoms in total. The summed E-state index contributed by atoms with van der Waals surface area (Å²) >= 11 is 1.21. The van der Waals surface area contributed by atoms with Crippen LogP contribution in [0.5, 0.6) is 0 Å². The third kappa shape index (κ3) is 4.89. The molecule has 0 bridgehead atoms. The van der Waals surface area contributed by atoms with Crippen molar-refractivity contribution in [2.24, 2.45) is 5.73 Å². The van der Waals surface area contributed by atoms with Gasteiger partial charge in [0.15, 0.2) is 6.61 Å². The predicted octanol–water partition coefficient (Wildman–Crippen LogP) is 2.81. The lowest BCUT2D eigenvalue weighted by Gasteiger charge is -2.10. The third-order valence-electron chi connectivity index (χ3n) is 3.49. The first-order valence-corrected chi connectivity index (χ1v) is 8.97. The lowest BCUT2D eigenvalue weighted by molar-refractivity contribution is -0.119. The molecule has 0 unspecified atom stereocenters. The molecule has 2 amide bonds. The summed E-state index contributed by atoms with van der Waals surface area (Å²) < 4.78 is 10.4. The van der Waals surface area contributed by atoms with E-state index in [4.69, 9.17) is 14.9 Å². The molecule has 27 heavy (non-hydrogen) atoms. The van der Waals surface area contributed by atoms with Gasteiger partial charge in [0.2, 0.25) is 11.7 Å². The Morgan fingerprint density at radius 2 is 1.81 bits per heavy atom. The zero-order valence-electron chi connectivity index (χ0n) is 14.1. The first-order chi connectivity index (χ1) is 13.0. The van der Waals surface area contributed by atoms with Crippen molar-refractivity contribution in [3.63, 3.8) is 0 Å². The summed E-state index contributed by atoms with van der Waals surface area (Å²) in [6.45, 7) is -0.468. The van der Waals surface area contributed by atoms with Crippen molar-refractivity contribution >= 4 is 46.2 Å². The predicted molar refractivity (Wildman–Crippen MR) is 101 cm³/mol. The van der Waals surface area contributed by atoms with Gasteiger partial charge in [0.05, 0.1) is 11.4 Å². The molecule has 0 aliphatic rings. The summed E-state index contributed by atoms with van der Waals surface area (Å²) in [5.41, 5.74) is 6.21. The van der Waals surface area contributed by atoms with E-state index in [1.165, 1.54) is 11.8 Å². The van der Waals surface area contributed by atoms with Gasteiger partial charge in [-0.05, 0) is 24.3 Å². The molecule has 3 rings (SSSR count). The maximum Gasteiger partial charge on any atom is 0.374 e. The number of para-hydroxylation sites is 2. The number of anilines is 1. The van der Waals surface area contributed by atoms with Crippen molar-refractivity contribution in [3.05, 3.63) is 60.4 Å². The maximum absolute atomic E-state index is 12.1. The number of nitrogens with one attached hydrogen (secondary N) is 1. The SMILES string of the molecule is NC(=O)CSc1ccccc1NC(=O)COC(=O)c1cc2ccccc2o1. The van der Waals surface area contributed by atoms with Crippen molar-refractivity contribution in [1.82, 2.24) is 0 Å². The molecule has 0 saturated carbocycles. The van der Waals surface area contributed by atoms with E-state index in [1.54, 1.807) is 42.5 Å². The van der Waals surface area contributed by atoms with Gasteiger partial charge in [0, 0.05) is 10.3 Å². The molecule has 0 aliphatic heterocycles. The van der Waals surface area contributed by atoms with Gasteiger partial charge >= 0.3 is 5.97 Å². The van der Waals surface area contributed by atoms with E-state index in [9.17, 15) is 14.4 Å². The number of rotatable bonds is 7. The highest BCUT2D eigenvalue weighted by molar-refractivity contribution is 8.00. The van der Waals surface area contributed by atoms with E-state index < -0.39 is 24.4 Å². The average Bonchev–Trinajstić information content (AvgIpc) is 3.09. The first kappa shape index (κ1) is 18.5. The van der Waals surface area contributed by atoms with Gasteiger partial charge < -0.3 is 20.2 Å². The fraction of sp³-hybridized carbons (Fsp3) is 0.105. The van der Waals surface area contributed by atoms with Crippen LogP contribution in [0.3, 0.4) is 0 Å². The van der Waals surface area contributed by atoms with Crippen LogP contribution < -0.4 is 11.1 Å². The number of fused-ring (bicyclic) bond motifs is 1. The molecule has 0 saturated heterocycles. The molecule has 8 heteroatoms. The summed E-state index contributed by atoms with van der Waals surface area (Å²) in [5.74, 6) is -1.57. The van der Waals surface area contributed by atoms with Crippen molar-refractivity contribution in [3.8, 4) is 0 Å². The second-order valence-electron chi connectivity index (χ2n) is 5.52. The highest BCUT2D eigenvalue weighted by Gasteiger charge is 2.16. The summed E-state index contributed by atoms with van der Waals surface area (Å²) in [6, 6.07) is 15.7. The van der Waals surface area contributed by atoms with Crippen LogP contribution in [-0.2, 0) is 14.3 Å². The van der Waals surface area contributed by atoms with Crippen LogP contribution in [0.15, 0.2) is 63.9 Å². The molecule has 0 fully saturated rings. The number of hydrogen-bond acceptors (Lipinski definition) is 6. The smallest absolute Gasteiger partial charge is 0.374 e. The van der Waals surface area contributed by atoms with Crippen molar-refractivity contribution in [2.45, 2.75) is 4.90 Å². The van der Waals surface area contributed by atoms with E-state index >= 15 is 0 Å². The van der Waals surface area contributed by atoms with Gasteiger partial charge in [0.1, 0.15) is 5.58 Å². The number of furan rings is 1. The van der Waals surface area contributed by atoms with Crippen LogP contribution >= 0.6 is 11.8 Å². The van der Waals surface area contributed by atoms with E-state index in [2.05, 4.69) is 5.32 Å². The van der Waals surface area contributed by atoms with Gasteiger partial charge in [-0.15, -0.1) is 11.8 Å². The largest absolute Gasteiger partial charge is 0.450 e. The minimum Gasteiger partial charge on any atom is -0.450 e. The molecule has 0 radical (unpaired) electrons. The van der Waals surface area contributed by atoms with Crippen molar-refractivity contribution in [2.75, 3.05) is 17.7 Å². The van der Waals surface area contributed by atoms with Crippen LogP contribution in [0.2, 0.25) is 0 Å². The van der Waals surface area contributed by atoms with Gasteiger partial charge in [-0.3, -0.25) is 9.59 Å². The number of thioether (sulfide) groups is 1. The second-order valence-corrected chi connectivity index (χ2v) is 6.54. The number of ether oxygens (including phenoxy) is 1. The molecule has 0 aliphatic carbocycles. The van der Waals surface area contributed by atoms with Crippen molar-refractivity contribution in [1.29, 1.82) is 0 Å². The molecular formula is C19H16N2O5S. The van der Waals surface area contributed by atoms with E-state index in [0.29, 0.717) is 16.2 Å². The van der Waals surface area contributed by atoms with Gasteiger partial charge in [-0.2, -0.15) is 0 Å². The molecule has 3 N–H and O–H groups in total. The molecule has 3 aromatic rings. The van der Waals surface area contributed by atoms with E-state index in [1.807, 2.05) is 12.1 Å². The zero-order chi connectivity index (χ0) is 19.2. The monoisotopic (exact) mass is 384 g/mol. The minimum atomic E-state index is -0.724. The molecular weight excluding hydrogens is 368 g/mol. The van der Waals surface area contributed by atoms with Crippen LogP contribution in [0.4, 0.5) is 5.69 Å². The summed E-state index contributed by atoms with van der Waals surface area (Å²) in [6.07, 6.45) is 0. The Morgan fingerprint density at radius 1 is 1.07 bits per heavy atom. The van der Waals surface area contributed by atoms with Crippen LogP contribution in [0.1, 0.15) is 10.6 Å². The highest BCUT2D eigenvalue weighted by Crippen LogP contribution is 2.26. The molecule has 1 aromatic heterocycles. The highest BCUT2D eigenvalue weighted by atomic mass is 32.2. The lowest BCUT2D eigenvalue weighted by Crippen LogP contribution is -2.21. The minimum absolute atomic E-state index is 0.0291. The molecule has 2 aromatic carbocycles. The Kier molecular flexibility index (Phi) is 5.77. The van der Waals surface area contributed by atoms with Gasteiger partial charge in [0.25, 0.3) is 5.91 Å². The van der Waals surface area contributed by atoms with E-state index in [0.717, 1.165) is 5.39 Å². The summed E-state index contributed by atoms with van der Waals surface area (Å²) in [7, 11) is 0. The normalized spacial score (nSPS) is 10.5. The Balaban J connectivity index is 1.58. The van der Waals surface area contributed by atoms with Crippen LogP contribution in [0.25, 0.3) is 11.0 Å². The standard InChI is InChI=1S/C19H16N2O5S/c20-17(22)11-27-16-8-4-2-6-13(16)21-18(23)10-25-19(24)15-9-12-5-1-3-7-14(12)26-15/h1-9H,10-11H2,(H2,20,22)(H,21,23). The topological polar surface area (TPSA) is 112 Å². The third-order valence-corrected chi connectivity index (χ3v) is 4.59. The number of amides is 2. The van der Waals surface area contributed by atoms with Gasteiger partial charge in [-0.1, -0.05) is 30.3 Å². The van der Waals surface area contributed by atoms with Crippen LogP contribution in [-0.4, -0.2) is 30.1 Å². The zero-order valence-corrected chi connectivity index (χ0v) is 15.0. The molecule has 0 atom stereocenters. The van der Waals surface area contributed by atoms with Gasteiger partial charge in [-0.25, -0.2) is 4.79 Å². The summed E-state index contributed by atoms with van der Waals surface area (Å²) in [5, 5.41) is 3.42. The Bertz CT molecular complexity index is 965. The number of nitrogens with two attached hydrogens (primary N) is 1. The number of primary amides is 1. The number of hydrogen-bond donors (Lipinski definition) is 2. The average molecular weight is 384 g/mol. The summed E-state index contributed by atoms with van der Waals surface area (Å²) in [4.78, 5) is 35.8.